The second-order valence-electron chi connectivity index (χ2n) is 6.84. The number of hydrogen-bond acceptors (Lipinski definition) is 6. The molecule has 4 rings (SSSR count). The number of nitrogens with zero attached hydrogens (tertiary/aromatic N) is 3. The maximum Gasteiger partial charge on any atom is 0.273 e. The Morgan fingerprint density at radius 1 is 1.38 bits per heavy atom. The molecular weight excluding hydrogens is 414 g/mol. The van der Waals surface area contributed by atoms with Crippen molar-refractivity contribution in [2.24, 2.45) is 0 Å². The molecule has 2 aromatic carbocycles. The summed E-state index contributed by atoms with van der Waals surface area (Å²) in [5.41, 5.74) is 1.16. The van der Waals surface area contributed by atoms with Crippen molar-refractivity contribution < 1.29 is 14.5 Å². The Morgan fingerprint density at radius 3 is 2.86 bits per heavy atom. The zero-order chi connectivity index (χ0) is 20.5. The summed E-state index contributed by atoms with van der Waals surface area (Å²) >= 11 is 7.63. The average Bonchev–Trinajstić information content (AvgIpc) is 3.35. The summed E-state index contributed by atoms with van der Waals surface area (Å²) in [6.45, 7) is 2.58. The zero-order valence-electron chi connectivity index (χ0n) is 15.6. The van der Waals surface area contributed by atoms with Gasteiger partial charge in [0, 0.05) is 23.8 Å². The molecule has 0 aliphatic carbocycles. The number of thiazole rings is 1. The third-order valence-electron chi connectivity index (χ3n) is 4.98. The second-order valence-corrected chi connectivity index (χ2v) is 8.26. The molecule has 3 aromatic rings. The van der Waals surface area contributed by atoms with Gasteiger partial charge >= 0.3 is 0 Å². The molecule has 1 aromatic heterocycles. The summed E-state index contributed by atoms with van der Waals surface area (Å²) < 4.78 is 6.60. The number of halogens is 1. The predicted octanol–water partition coefficient (Wildman–Crippen LogP) is 4.99. The molecule has 0 radical (unpaired) electrons. The summed E-state index contributed by atoms with van der Waals surface area (Å²) in [7, 11) is 0. The molecule has 1 unspecified atom stereocenters. The number of aromatic nitrogens is 1. The molecule has 2 heterocycles. The van der Waals surface area contributed by atoms with E-state index in [2.05, 4.69) is 4.98 Å². The third-order valence-corrected chi connectivity index (χ3v) is 6.33. The number of anilines is 1. The zero-order valence-corrected chi connectivity index (χ0v) is 17.2. The van der Waals surface area contributed by atoms with Crippen LogP contribution in [-0.4, -0.2) is 35.1 Å². The quantitative estimate of drug-likeness (QED) is 0.419. The van der Waals surface area contributed by atoms with Gasteiger partial charge in [-0.3, -0.25) is 19.8 Å². The number of rotatable bonds is 5. The van der Waals surface area contributed by atoms with Gasteiger partial charge < -0.3 is 4.74 Å². The highest BCUT2D eigenvalue weighted by Crippen LogP contribution is 2.34. The summed E-state index contributed by atoms with van der Waals surface area (Å²) in [5, 5.41) is 12.3. The molecule has 1 aliphatic rings. The van der Waals surface area contributed by atoms with Crippen LogP contribution in [0.3, 0.4) is 0 Å². The lowest BCUT2D eigenvalue weighted by molar-refractivity contribution is -0.385. The smallest absolute Gasteiger partial charge is 0.273 e. The monoisotopic (exact) mass is 431 g/mol. The van der Waals surface area contributed by atoms with Crippen molar-refractivity contribution in [2.75, 3.05) is 18.1 Å². The highest BCUT2D eigenvalue weighted by atomic mass is 35.5. The highest BCUT2D eigenvalue weighted by molar-refractivity contribution is 7.22. The standard InChI is InChI=1S/C20H18ClN3O4S/c1-12-14(6-2-8-16(12)24(26)27)19(25)23(11-13-5-4-10-28-13)20-22-18-15(21)7-3-9-17(18)29-20/h2-3,6-9,13H,4-5,10-11H2,1H3. The van der Waals surface area contributed by atoms with Crippen LogP contribution in [0.4, 0.5) is 10.8 Å². The average molecular weight is 432 g/mol. The van der Waals surface area contributed by atoms with Gasteiger partial charge in [0.15, 0.2) is 5.13 Å². The first kappa shape index (κ1) is 19.8. The number of nitro benzene ring substituents is 1. The Hall–Kier alpha value is -2.55. The summed E-state index contributed by atoms with van der Waals surface area (Å²) in [4.78, 5) is 30.4. The van der Waals surface area contributed by atoms with Gasteiger partial charge in [0.05, 0.1) is 27.3 Å². The van der Waals surface area contributed by atoms with Crippen LogP contribution in [-0.2, 0) is 4.74 Å². The predicted molar refractivity (Wildman–Crippen MR) is 113 cm³/mol. The van der Waals surface area contributed by atoms with E-state index >= 15 is 0 Å². The second kappa shape index (κ2) is 8.06. The molecule has 1 atom stereocenters. The van der Waals surface area contributed by atoms with E-state index in [0.717, 1.165) is 17.5 Å². The van der Waals surface area contributed by atoms with Gasteiger partial charge in [-0.25, -0.2) is 4.98 Å². The lowest BCUT2D eigenvalue weighted by Gasteiger charge is -2.23. The van der Waals surface area contributed by atoms with Crippen molar-refractivity contribution in [3.05, 3.63) is 62.7 Å². The van der Waals surface area contributed by atoms with Gasteiger partial charge in [0.25, 0.3) is 11.6 Å². The van der Waals surface area contributed by atoms with Crippen molar-refractivity contribution >= 4 is 49.9 Å². The summed E-state index contributed by atoms with van der Waals surface area (Å²) in [5.74, 6) is -0.336. The van der Waals surface area contributed by atoms with Gasteiger partial charge in [-0.05, 0) is 38.0 Å². The fourth-order valence-electron chi connectivity index (χ4n) is 3.46. The Labute approximate surface area is 176 Å². The molecule has 0 bridgehead atoms. The van der Waals surface area contributed by atoms with Crippen LogP contribution in [0.2, 0.25) is 5.02 Å². The Balaban J connectivity index is 1.77. The van der Waals surface area contributed by atoms with E-state index < -0.39 is 4.92 Å². The van der Waals surface area contributed by atoms with Gasteiger partial charge in [-0.15, -0.1) is 0 Å². The van der Waals surface area contributed by atoms with Crippen molar-refractivity contribution in [3.8, 4) is 0 Å². The van der Waals surface area contributed by atoms with E-state index in [1.165, 1.54) is 23.5 Å². The molecule has 1 saturated heterocycles. The van der Waals surface area contributed by atoms with Crippen LogP contribution in [0.1, 0.15) is 28.8 Å². The Kier molecular flexibility index (Phi) is 5.49. The van der Waals surface area contributed by atoms with Crippen molar-refractivity contribution in [3.63, 3.8) is 0 Å². The van der Waals surface area contributed by atoms with E-state index in [-0.39, 0.29) is 23.3 Å². The number of fused-ring (bicyclic) bond motifs is 1. The molecule has 150 valence electrons. The van der Waals surface area contributed by atoms with Crippen LogP contribution < -0.4 is 4.90 Å². The van der Waals surface area contributed by atoms with Crippen molar-refractivity contribution in [2.45, 2.75) is 25.9 Å². The molecular formula is C20H18ClN3O4S. The van der Waals surface area contributed by atoms with Crippen LogP contribution in [0.15, 0.2) is 36.4 Å². The molecule has 0 N–H and O–H groups in total. The first-order chi connectivity index (χ1) is 14.0. The number of amides is 1. The molecule has 29 heavy (non-hydrogen) atoms. The van der Waals surface area contributed by atoms with Crippen molar-refractivity contribution in [1.29, 1.82) is 0 Å². The van der Waals surface area contributed by atoms with Gasteiger partial charge in [-0.1, -0.05) is 35.1 Å². The van der Waals surface area contributed by atoms with Gasteiger partial charge in [0.1, 0.15) is 5.52 Å². The highest BCUT2D eigenvalue weighted by Gasteiger charge is 2.29. The van der Waals surface area contributed by atoms with Crippen molar-refractivity contribution in [1.82, 2.24) is 4.98 Å². The molecule has 7 nitrogen and oxygen atoms in total. The molecule has 9 heteroatoms. The number of ether oxygens (including phenoxy) is 1. The number of carbonyl (C=O) groups excluding carboxylic acids is 1. The van der Waals surface area contributed by atoms with E-state index in [4.69, 9.17) is 16.3 Å². The molecule has 1 aliphatic heterocycles. The lowest BCUT2D eigenvalue weighted by Crippen LogP contribution is -2.37. The van der Waals surface area contributed by atoms with E-state index in [9.17, 15) is 14.9 Å². The topological polar surface area (TPSA) is 85.6 Å². The minimum absolute atomic E-state index is 0.0831. The minimum Gasteiger partial charge on any atom is -0.376 e. The largest absolute Gasteiger partial charge is 0.376 e. The Morgan fingerprint density at radius 2 is 2.17 bits per heavy atom. The van der Waals surface area contributed by atoms with Crippen LogP contribution in [0.25, 0.3) is 10.2 Å². The fourth-order valence-corrected chi connectivity index (χ4v) is 4.73. The summed E-state index contributed by atoms with van der Waals surface area (Å²) in [6.07, 6.45) is 1.69. The SMILES string of the molecule is Cc1c(C(=O)N(CC2CCCO2)c2nc3c(Cl)cccc3s2)cccc1[N+](=O)[O-]. The molecule has 1 fully saturated rings. The normalized spacial score (nSPS) is 16.3. The van der Waals surface area contributed by atoms with Crippen LogP contribution in [0, 0.1) is 17.0 Å². The van der Waals surface area contributed by atoms with E-state index in [1.54, 1.807) is 24.0 Å². The summed E-state index contributed by atoms with van der Waals surface area (Å²) in [6, 6.07) is 10.0. The molecule has 0 spiro atoms. The maximum atomic E-state index is 13.5. The number of carbonyl (C=O) groups is 1. The maximum absolute atomic E-state index is 13.5. The van der Waals surface area contributed by atoms with E-state index in [1.807, 2.05) is 12.1 Å². The molecule has 1 amide bonds. The first-order valence-electron chi connectivity index (χ1n) is 9.18. The first-order valence-corrected chi connectivity index (χ1v) is 10.4. The molecule has 0 saturated carbocycles. The van der Waals surface area contributed by atoms with Gasteiger partial charge in [0.2, 0.25) is 0 Å². The lowest BCUT2D eigenvalue weighted by atomic mass is 10.1. The minimum atomic E-state index is -0.478. The number of hydrogen-bond donors (Lipinski definition) is 0. The van der Waals surface area contributed by atoms with E-state index in [0.29, 0.717) is 34.4 Å². The number of para-hydroxylation sites is 1. The number of nitro groups is 1. The third kappa shape index (κ3) is 3.83. The Bertz CT molecular complexity index is 1090. The van der Waals surface area contributed by atoms with Gasteiger partial charge in [-0.2, -0.15) is 0 Å². The van der Waals surface area contributed by atoms with Crippen LogP contribution in [0.5, 0.6) is 0 Å². The fraction of sp³-hybridized carbons (Fsp3) is 0.300. The van der Waals surface area contributed by atoms with Crippen LogP contribution >= 0.6 is 22.9 Å². The number of benzene rings is 2.